The van der Waals surface area contributed by atoms with Crippen LogP contribution in [0.4, 0.5) is 5.69 Å². The maximum Gasteiger partial charge on any atom is 0.248 e. The Bertz CT molecular complexity index is 983. The zero-order valence-electron chi connectivity index (χ0n) is 15.7. The summed E-state index contributed by atoms with van der Waals surface area (Å²) >= 11 is 0. The Balaban J connectivity index is 1.39. The lowest BCUT2D eigenvalue weighted by molar-refractivity contribution is -0.119. The predicted molar refractivity (Wildman–Crippen MR) is 108 cm³/mol. The highest BCUT2D eigenvalue weighted by atomic mass is 16.2. The lowest BCUT2D eigenvalue weighted by Gasteiger charge is -2.26. The molecule has 0 N–H and O–H groups in total. The van der Waals surface area contributed by atoms with Crippen molar-refractivity contribution in [2.24, 2.45) is 0 Å². The van der Waals surface area contributed by atoms with Crippen molar-refractivity contribution in [3.05, 3.63) is 66.4 Å². The Morgan fingerprint density at radius 2 is 1.89 bits per heavy atom. The number of benzene rings is 2. The first-order valence-electron chi connectivity index (χ1n) is 9.86. The first-order valence-corrected chi connectivity index (χ1v) is 9.86. The maximum absolute atomic E-state index is 13.2. The van der Waals surface area contributed by atoms with Crippen LogP contribution in [0.3, 0.4) is 0 Å². The second kappa shape index (κ2) is 7.20. The predicted octanol–water partition coefficient (Wildman–Crippen LogP) is 2.96. The van der Waals surface area contributed by atoms with Crippen LogP contribution in [0, 0.1) is 0 Å². The van der Waals surface area contributed by atoms with Crippen molar-refractivity contribution in [3.8, 4) is 11.3 Å². The summed E-state index contributed by atoms with van der Waals surface area (Å²) in [4.78, 5) is 17.7. The largest absolute Gasteiger partial charge is 0.309 e. The fourth-order valence-corrected chi connectivity index (χ4v) is 4.32. The fraction of sp³-hybridized carbons (Fsp3) is 0.318. The topological polar surface area (TPSA) is 54.3 Å². The van der Waals surface area contributed by atoms with Gasteiger partial charge in [0.15, 0.2) is 0 Å². The molecule has 6 nitrogen and oxygen atoms in total. The molecule has 1 amide bonds. The van der Waals surface area contributed by atoms with Gasteiger partial charge in [-0.3, -0.25) is 9.69 Å². The van der Waals surface area contributed by atoms with Gasteiger partial charge in [0, 0.05) is 30.4 Å². The van der Waals surface area contributed by atoms with Gasteiger partial charge in [-0.1, -0.05) is 53.7 Å². The van der Waals surface area contributed by atoms with Crippen LogP contribution in [0.1, 0.15) is 18.4 Å². The number of anilines is 1. The van der Waals surface area contributed by atoms with Crippen LogP contribution in [0.2, 0.25) is 0 Å². The van der Waals surface area contributed by atoms with Gasteiger partial charge in [0.05, 0.1) is 6.20 Å². The van der Waals surface area contributed by atoms with E-state index in [1.54, 1.807) is 4.68 Å². The number of carbonyl (C=O) groups excluding carboxylic acids is 1. The summed E-state index contributed by atoms with van der Waals surface area (Å²) in [6.45, 7) is 2.98. The van der Waals surface area contributed by atoms with E-state index in [0.29, 0.717) is 6.04 Å². The maximum atomic E-state index is 13.2. The highest BCUT2D eigenvalue weighted by Gasteiger charge is 2.33. The molecule has 1 saturated heterocycles. The summed E-state index contributed by atoms with van der Waals surface area (Å²) in [7, 11) is 0. The number of hydrogen-bond acceptors (Lipinski definition) is 4. The number of hydrogen-bond donors (Lipinski definition) is 0. The van der Waals surface area contributed by atoms with Crippen LogP contribution in [0.25, 0.3) is 11.3 Å². The number of aromatic nitrogens is 3. The van der Waals surface area contributed by atoms with Gasteiger partial charge in [-0.25, -0.2) is 4.68 Å². The molecule has 3 heterocycles. The molecule has 3 aromatic rings. The van der Waals surface area contributed by atoms with Gasteiger partial charge in [0.2, 0.25) is 5.91 Å². The van der Waals surface area contributed by atoms with Crippen molar-refractivity contribution in [1.82, 2.24) is 19.9 Å². The Morgan fingerprint density at radius 3 is 2.79 bits per heavy atom. The number of rotatable bonds is 3. The van der Waals surface area contributed by atoms with Crippen LogP contribution >= 0.6 is 0 Å². The van der Waals surface area contributed by atoms with Crippen LogP contribution in [-0.2, 0) is 17.9 Å². The first kappa shape index (κ1) is 17.1. The van der Waals surface area contributed by atoms with E-state index in [0.717, 1.165) is 43.0 Å². The summed E-state index contributed by atoms with van der Waals surface area (Å²) in [5.74, 6) is 0.0608. The molecule has 0 saturated carbocycles. The number of para-hydroxylation sites is 1. The molecule has 28 heavy (non-hydrogen) atoms. The van der Waals surface area contributed by atoms with Crippen LogP contribution < -0.4 is 4.90 Å². The summed E-state index contributed by atoms with van der Waals surface area (Å²) < 4.78 is 1.64. The Hall–Kier alpha value is -2.99. The van der Waals surface area contributed by atoms with Crippen molar-refractivity contribution in [3.63, 3.8) is 0 Å². The molecule has 0 aliphatic carbocycles. The molecule has 2 aliphatic heterocycles. The fourth-order valence-electron chi connectivity index (χ4n) is 4.32. The molecule has 6 heteroatoms. The zero-order chi connectivity index (χ0) is 18.9. The first-order chi connectivity index (χ1) is 13.8. The van der Waals surface area contributed by atoms with E-state index in [4.69, 9.17) is 0 Å². The molecule has 142 valence electrons. The third-order valence-corrected chi connectivity index (χ3v) is 5.75. The summed E-state index contributed by atoms with van der Waals surface area (Å²) in [5, 5.41) is 8.42. The lowest BCUT2D eigenvalue weighted by Crippen LogP contribution is -2.41. The van der Waals surface area contributed by atoms with Crippen molar-refractivity contribution >= 4 is 11.6 Å². The third-order valence-electron chi connectivity index (χ3n) is 5.75. The van der Waals surface area contributed by atoms with Crippen molar-refractivity contribution < 1.29 is 4.79 Å². The van der Waals surface area contributed by atoms with Crippen molar-refractivity contribution in [1.29, 1.82) is 0 Å². The van der Waals surface area contributed by atoms with Crippen LogP contribution in [0.5, 0.6) is 0 Å². The van der Waals surface area contributed by atoms with Crippen molar-refractivity contribution in [2.75, 3.05) is 18.0 Å². The molecule has 0 bridgehead atoms. The molecule has 1 aromatic heterocycles. The van der Waals surface area contributed by atoms with Gasteiger partial charge in [-0.05, 0) is 31.0 Å². The van der Waals surface area contributed by atoms with E-state index in [2.05, 4.69) is 33.4 Å². The Kier molecular flexibility index (Phi) is 4.41. The average Bonchev–Trinajstić information content (AvgIpc) is 3.34. The minimum atomic E-state index is 0.0608. The second-order valence-electron chi connectivity index (χ2n) is 7.57. The third kappa shape index (κ3) is 3.20. The van der Waals surface area contributed by atoms with E-state index in [-0.39, 0.29) is 12.5 Å². The Morgan fingerprint density at radius 1 is 1.07 bits per heavy atom. The minimum absolute atomic E-state index is 0.0608. The molecule has 1 atom stereocenters. The monoisotopic (exact) mass is 373 g/mol. The van der Waals surface area contributed by atoms with E-state index < -0.39 is 0 Å². The van der Waals surface area contributed by atoms with Gasteiger partial charge in [0.25, 0.3) is 0 Å². The smallest absolute Gasteiger partial charge is 0.248 e. The molecule has 2 aromatic carbocycles. The molecule has 1 fully saturated rings. The number of amides is 1. The molecule has 0 radical (unpaired) electrons. The SMILES string of the molecule is O=C(Cn1cc(-c2ccccc2)nn1)N1CC2CCCN2Cc2ccccc21. The standard InChI is InChI=1S/C22H23N5O/c28-22(16-26-15-20(23-24-26)17-7-2-1-3-8-17)27-14-19-10-6-12-25(19)13-18-9-4-5-11-21(18)27/h1-5,7-9,11,15,19H,6,10,12-14,16H2. The average molecular weight is 373 g/mol. The summed E-state index contributed by atoms with van der Waals surface area (Å²) in [6, 6.07) is 18.6. The molecule has 5 rings (SSSR count). The number of nitrogens with zero attached hydrogens (tertiary/aromatic N) is 5. The molecular formula is C22H23N5O. The quantitative estimate of drug-likeness (QED) is 0.708. The number of carbonyl (C=O) groups is 1. The second-order valence-corrected chi connectivity index (χ2v) is 7.57. The number of fused-ring (bicyclic) bond motifs is 2. The minimum Gasteiger partial charge on any atom is -0.309 e. The van der Waals surface area contributed by atoms with Gasteiger partial charge >= 0.3 is 0 Å². The molecule has 2 aliphatic rings. The van der Waals surface area contributed by atoms with E-state index in [1.165, 1.54) is 12.0 Å². The van der Waals surface area contributed by atoms with Gasteiger partial charge < -0.3 is 4.90 Å². The van der Waals surface area contributed by atoms with Crippen LogP contribution in [0.15, 0.2) is 60.8 Å². The normalized spacial score (nSPS) is 19.1. The molecular weight excluding hydrogens is 350 g/mol. The highest BCUT2D eigenvalue weighted by molar-refractivity contribution is 5.94. The molecule has 1 unspecified atom stereocenters. The van der Waals surface area contributed by atoms with Gasteiger partial charge in [0.1, 0.15) is 12.2 Å². The summed E-state index contributed by atoms with van der Waals surface area (Å²) in [6.07, 6.45) is 4.20. The van der Waals surface area contributed by atoms with Crippen molar-refractivity contribution in [2.45, 2.75) is 32.0 Å². The van der Waals surface area contributed by atoms with Gasteiger partial charge in [-0.2, -0.15) is 0 Å². The van der Waals surface area contributed by atoms with E-state index in [1.807, 2.05) is 47.5 Å². The van der Waals surface area contributed by atoms with Gasteiger partial charge in [-0.15, -0.1) is 5.10 Å². The summed E-state index contributed by atoms with van der Waals surface area (Å²) in [5.41, 5.74) is 4.05. The highest BCUT2D eigenvalue weighted by Crippen LogP contribution is 2.31. The Labute approximate surface area is 164 Å². The van der Waals surface area contributed by atoms with E-state index in [9.17, 15) is 4.79 Å². The van der Waals surface area contributed by atoms with Crippen LogP contribution in [-0.4, -0.2) is 44.9 Å². The molecule has 0 spiro atoms. The zero-order valence-corrected chi connectivity index (χ0v) is 15.7. The lowest BCUT2D eigenvalue weighted by atomic mass is 10.1. The van der Waals surface area contributed by atoms with E-state index >= 15 is 0 Å².